The Morgan fingerprint density at radius 3 is 2.68 bits per heavy atom. The van der Waals surface area contributed by atoms with Gasteiger partial charge >= 0.3 is 5.63 Å². The third-order valence-electron chi connectivity index (χ3n) is 6.07. The van der Waals surface area contributed by atoms with Crippen molar-refractivity contribution in [2.45, 2.75) is 39.7 Å². The molecule has 152 valence electrons. The van der Waals surface area contributed by atoms with E-state index in [0.29, 0.717) is 12.3 Å². The van der Waals surface area contributed by atoms with Crippen LogP contribution in [0.1, 0.15) is 36.5 Å². The Bertz CT molecular complexity index is 886. The number of rotatable bonds is 6. The zero-order chi connectivity index (χ0) is 19.5. The largest absolute Gasteiger partial charge is 0.444 e. The second kappa shape index (κ2) is 8.64. The monoisotopic (exact) mass is 388 g/mol. The third kappa shape index (κ3) is 4.09. The molecular formula is C22H32N2O4+2. The van der Waals surface area contributed by atoms with Crippen molar-refractivity contribution in [2.24, 2.45) is 0 Å². The van der Waals surface area contributed by atoms with Crippen LogP contribution in [0.15, 0.2) is 21.3 Å². The van der Waals surface area contributed by atoms with Gasteiger partial charge in [-0.2, -0.15) is 0 Å². The number of benzene rings is 1. The predicted molar refractivity (Wildman–Crippen MR) is 107 cm³/mol. The highest BCUT2D eigenvalue weighted by atomic mass is 16.5. The number of hydrogen-bond donors (Lipinski definition) is 2. The van der Waals surface area contributed by atoms with Gasteiger partial charge in [0.25, 0.3) is 0 Å². The van der Waals surface area contributed by atoms with Crippen LogP contribution < -0.4 is 20.2 Å². The second-order valence-corrected chi connectivity index (χ2v) is 8.14. The van der Waals surface area contributed by atoms with Crippen LogP contribution in [0.25, 0.3) is 11.0 Å². The van der Waals surface area contributed by atoms with Crippen LogP contribution in [0.4, 0.5) is 0 Å². The first-order chi connectivity index (χ1) is 13.7. The van der Waals surface area contributed by atoms with Crippen LogP contribution in [0.5, 0.6) is 5.75 Å². The maximum absolute atomic E-state index is 12.1. The fraction of sp³-hybridized carbons (Fsp3) is 0.591. The normalized spacial score (nSPS) is 20.1. The summed E-state index contributed by atoms with van der Waals surface area (Å²) < 4.78 is 17.2. The van der Waals surface area contributed by atoms with Gasteiger partial charge < -0.3 is 18.8 Å². The molecule has 6 heteroatoms. The molecule has 1 atom stereocenters. The van der Waals surface area contributed by atoms with Crippen LogP contribution >= 0.6 is 0 Å². The quantitative estimate of drug-likeness (QED) is 0.689. The van der Waals surface area contributed by atoms with Gasteiger partial charge in [0, 0.05) is 22.6 Å². The van der Waals surface area contributed by atoms with Crippen molar-refractivity contribution in [3.05, 3.63) is 39.2 Å². The summed E-state index contributed by atoms with van der Waals surface area (Å²) in [5, 5.41) is 1.08. The molecule has 3 heterocycles. The second-order valence-electron chi connectivity index (χ2n) is 8.14. The van der Waals surface area contributed by atoms with E-state index >= 15 is 0 Å². The summed E-state index contributed by atoms with van der Waals surface area (Å²) in [6.45, 7) is 12.0. The topological polar surface area (TPSA) is 57.5 Å². The zero-order valence-electron chi connectivity index (χ0n) is 17.1. The molecule has 2 aliphatic rings. The van der Waals surface area contributed by atoms with E-state index in [0.717, 1.165) is 87.5 Å². The standard InChI is InChI=1S/C22H30N2O4/c1-3-4-5-17-13-20(25)28-22-16(2)21-18(12-19(17)22)14-24(15-27-21)7-6-23-8-10-26-11-9-23/h12-13H,3-11,14-15H2,1-2H3/p+2. The minimum Gasteiger partial charge on any atom is -0.444 e. The Hall–Kier alpha value is -1.89. The van der Waals surface area contributed by atoms with E-state index in [1.165, 1.54) is 10.5 Å². The molecule has 0 bridgehead atoms. The number of quaternary nitrogens is 2. The van der Waals surface area contributed by atoms with Crippen LogP contribution in [0, 0.1) is 6.92 Å². The highest BCUT2D eigenvalue weighted by Gasteiger charge is 2.26. The number of hydrogen-bond acceptors (Lipinski definition) is 4. The molecule has 2 N–H and O–H groups in total. The number of fused-ring (bicyclic) bond motifs is 2. The summed E-state index contributed by atoms with van der Waals surface area (Å²) in [5.41, 5.74) is 3.72. The minimum absolute atomic E-state index is 0.266. The van der Waals surface area contributed by atoms with Gasteiger partial charge in [-0.05, 0) is 31.4 Å². The average molecular weight is 389 g/mol. The molecule has 4 rings (SSSR count). The molecular weight excluding hydrogens is 356 g/mol. The SMILES string of the molecule is CCCCc1cc(=O)oc2c(C)c3c(cc12)C[NH+](CC[NH+]1CCOCC1)CO3. The molecule has 2 aromatic rings. The molecule has 0 radical (unpaired) electrons. The molecule has 1 unspecified atom stereocenters. The highest BCUT2D eigenvalue weighted by Crippen LogP contribution is 2.33. The molecule has 28 heavy (non-hydrogen) atoms. The van der Waals surface area contributed by atoms with E-state index in [2.05, 4.69) is 13.0 Å². The summed E-state index contributed by atoms with van der Waals surface area (Å²) in [6, 6.07) is 3.87. The molecule has 0 aliphatic carbocycles. The van der Waals surface area contributed by atoms with Gasteiger partial charge in [-0.3, -0.25) is 4.90 Å². The van der Waals surface area contributed by atoms with Crippen LogP contribution in [0.2, 0.25) is 0 Å². The summed E-state index contributed by atoms with van der Waals surface area (Å²) in [4.78, 5) is 15.1. The van der Waals surface area contributed by atoms with Gasteiger partial charge in [-0.25, -0.2) is 4.79 Å². The van der Waals surface area contributed by atoms with E-state index in [9.17, 15) is 4.79 Å². The first-order valence-electron chi connectivity index (χ1n) is 10.6. The van der Waals surface area contributed by atoms with Crippen molar-refractivity contribution in [3.8, 4) is 5.75 Å². The summed E-state index contributed by atoms with van der Waals surface area (Å²) in [7, 11) is 0. The van der Waals surface area contributed by atoms with Gasteiger partial charge in [0.05, 0.1) is 13.2 Å². The van der Waals surface area contributed by atoms with E-state index in [-0.39, 0.29) is 5.63 Å². The zero-order valence-corrected chi connectivity index (χ0v) is 17.1. The first-order valence-corrected chi connectivity index (χ1v) is 10.6. The van der Waals surface area contributed by atoms with Gasteiger partial charge in [-0.15, -0.1) is 0 Å². The van der Waals surface area contributed by atoms with Gasteiger partial charge in [0.2, 0.25) is 6.73 Å². The van der Waals surface area contributed by atoms with E-state index in [1.54, 1.807) is 11.0 Å². The van der Waals surface area contributed by atoms with Gasteiger partial charge in [0.1, 0.15) is 44.1 Å². The Kier molecular flexibility index (Phi) is 5.99. The number of nitrogens with one attached hydrogen (secondary N) is 2. The van der Waals surface area contributed by atoms with Crippen molar-refractivity contribution >= 4 is 11.0 Å². The van der Waals surface area contributed by atoms with Crippen molar-refractivity contribution in [2.75, 3.05) is 46.1 Å². The van der Waals surface area contributed by atoms with Crippen LogP contribution in [0.3, 0.4) is 0 Å². The fourth-order valence-electron chi connectivity index (χ4n) is 4.40. The Balaban J connectivity index is 1.57. The molecule has 1 aromatic carbocycles. The number of aryl methyl sites for hydroxylation is 2. The molecule has 6 nitrogen and oxygen atoms in total. The Morgan fingerprint density at radius 1 is 1.11 bits per heavy atom. The molecule has 0 saturated carbocycles. The number of ether oxygens (including phenoxy) is 2. The van der Waals surface area contributed by atoms with Crippen molar-refractivity contribution in [1.82, 2.24) is 0 Å². The lowest BCUT2D eigenvalue weighted by molar-refractivity contribution is -0.977. The predicted octanol–water partition coefficient (Wildman–Crippen LogP) is 0.0939. The van der Waals surface area contributed by atoms with E-state index in [1.807, 2.05) is 6.92 Å². The van der Waals surface area contributed by atoms with Crippen LogP contribution in [-0.4, -0.2) is 46.1 Å². The molecule has 1 fully saturated rings. The van der Waals surface area contributed by atoms with Crippen molar-refractivity contribution in [1.29, 1.82) is 0 Å². The maximum atomic E-state index is 12.1. The lowest BCUT2D eigenvalue weighted by Crippen LogP contribution is -3.21. The Morgan fingerprint density at radius 2 is 1.89 bits per heavy atom. The van der Waals surface area contributed by atoms with Crippen LogP contribution in [-0.2, 0) is 17.7 Å². The average Bonchev–Trinajstić information content (AvgIpc) is 2.72. The molecule has 1 aromatic heterocycles. The Labute approximate surface area is 166 Å². The summed E-state index contributed by atoms with van der Waals surface area (Å²) in [6.07, 6.45) is 3.09. The van der Waals surface area contributed by atoms with E-state index < -0.39 is 0 Å². The van der Waals surface area contributed by atoms with Gasteiger partial charge in [-0.1, -0.05) is 13.3 Å². The summed E-state index contributed by atoms with van der Waals surface area (Å²) >= 11 is 0. The number of morpholine rings is 1. The first kappa shape index (κ1) is 19.4. The minimum atomic E-state index is -0.266. The molecule has 0 spiro atoms. The fourth-order valence-corrected chi connectivity index (χ4v) is 4.40. The molecule has 2 aliphatic heterocycles. The lowest BCUT2D eigenvalue weighted by atomic mass is 9.98. The summed E-state index contributed by atoms with van der Waals surface area (Å²) in [5.74, 6) is 0.908. The van der Waals surface area contributed by atoms with Gasteiger partial charge in [0.15, 0.2) is 0 Å². The molecule has 1 saturated heterocycles. The number of unbranched alkanes of at least 4 members (excludes halogenated alkanes) is 1. The third-order valence-corrected chi connectivity index (χ3v) is 6.07. The van der Waals surface area contributed by atoms with E-state index in [4.69, 9.17) is 13.9 Å². The van der Waals surface area contributed by atoms with Crippen molar-refractivity contribution in [3.63, 3.8) is 0 Å². The lowest BCUT2D eigenvalue weighted by Gasteiger charge is -2.29. The maximum Gasteiger partial charge on any atom is 0.336 e. The smallest absolute Gasteiger partial charge is 0.336 e. The highest BCUT2D eigenvalue weighted by molar-refractivity contribution is 5.86. The van der Waals surface area contributed by atoms with Crippen molar-refractivity contribution < 1.29 is 23.7 Å². The molecule has 0 amide bonds.